The van der Waals surface area contributed by atoms with E-state index in [4.69, 9.17) is 16.3 Å². The summed E-state index contributed by atoms with van der Waals surface area (Å²) in [6, 6.07) is 12.5. The first-order chi connectivity index (χ1) is 15.9. The van der Waals surface area contributed by atoms with E-state index in [9.17, 15) is 14.0 Å². The van der Waals surface area contributed by atoms with Crippen LogP contribution in [0.15, 0.2) is 54.7 Å². The Morgan fingerprint density at radius 1 is 1.00 bits per heavy atom. The molecular weight excluding hydrogens is 447 g/mol. The zero-order valence-corrected chi connectivity index (χ0v) is 18.7. The highest BCUT2D eigenvalue weighted by molar-refractivity contribution is 6.29. The standard InChI is InChI=1S/C24H22ClFN4O3/c1-15-2-4-19(13-21(15)29-23(31)16-3-5-22(25)27-14-16)28-24(32)17-10-18(26)12-20(11-17)30-6-8-33-9-7-30/h2-5,10-14H,6-9H2,1H3,(H,28,32)(H,29,31). The van der Waals surface area contributed by atoms with E-state index in [1.807, 2.05) is 11.8 Å². The van der Waals surface area contributed by atoms with Gasteiger partial charge in [-0.05, 0) is 55.0 Å². The Hall–Kier alpha value is -3.49. The number of nitrogens with zero attached hydrogens (tertiary/aromatic N) is 2. The van der Waals surface area contributed by atoms with Gasteiger partial charge in [-0.3, -0.25) is 9.59 Å². The molecule has 33 heavy (non-hydrogen) atoms. The number of amides is 2. The summed E-state index contributed by atoms with van der Waals surface area (Å²) in [5.41, 5.74) is 2.99. The van der Waals surface area contributed by atoms with Crippen LogP contribution in [0.1, 0.15) is 26.3 Å². The van der Waals surface area contributed by atoms with E-state index in [0.29, 0.717) is 54.1 Å². The fourth-order valence-corrected chi connectivity index (χ4v) is 3.56. The van der Waals surface area contributed by atoms with Crippen molar-refractivity contribution in [3.8, 4) is 0 Å². The normalized spacial score (nSPS) is 13.5. The highest BCUT2D eigenvalue weighted by Crippen LogP contribution is 2.24. The summed E-state index contributed by atoms with van der Waals surface area (Å²) in [6.07, 6.45) is 1.38. The summed E-state index contributed by atoms with van der Waals surface area (Å²) in [5.74, 6) is -1.30. The molecule has 4 rings (SSSR count). The molecular formula is C24H22ClFN4O3. The quantitative estimate of drug-likeness (QED) is 0.538. The first-order valence-electron chi connectivity index (χ1n) is 10.4. The molecule has 2 heterocycles. The largest absolute Gasteiger partial charge is 0.378 e. The fourth-order valence-electron chi connectivity index (χ4n) is 3.45. The van der Waals surface area contributed by atoms with Crippen LogP contribution in [0.4, 0.5) is 21.5 Å². The smallest absolute Gasteiger partial charge is 0.257 e. The average Bonchev–Trinajstić information content (AvgIpc) is 2.81. The van der Waals surface area contributed by atoms with Crippen molar-refractivity contribution in [1.82, 2.24) is 4.98 Å². The number of pyridine rings is 1. The number of rotatable bonds is 5. The summed E-state index contributed by atoms with van der Waals surface area (Å²) in [5, 5.41) is 5.88. The van der Waals surface area contributed by atoms with Crippen molar-refractivity contribution in [3.63, 3.8) is 0 Å². The molecule has 0 unspecified atom stereocenters. The zero-order valence-electron chi connectivity index (χ0n) is 17.9. The molecule has 1 aromatic heterocycles. The van der Waals surface area contributed by atoms with E-state index < -0.39 is 11.7 Å². The predicted molar refractivity (Wildman–Crippen MR) is 126 cm³/mol. The Bertz CT molecular complexity index is 1180. The minimum Gasteiger partial charge on any atom is -0.378 e. The molecule has 0 radical (unpaired) electrons. The number of hydrogen-bond acceptors (Lipinski definition) is 5. The van der Waals surface area contributed by atoms with Gasteiger partial charge in [0.05, 0.1) is 18.8 Å². The van der Waals surface area contributed by atoms with E-state index in [2.05, 4.69) is 15.6 Å². The molecule has 1 fully saturated rings. The van der Waals surface area contributed by atoms with Gasteiger partial charge in [0.2, 0.25) is 0 Å². The van der Waals surface area contributed by atoms with E-state index in [1.165, 1.54) is 24.4 Å². The molecule has 7 nitrogen and oxygen atoms in total. The number of carbonyl (C=O) groups is 2. The molecule has 9 heteroatoms. The predicted octanol–water partition coefficient (Wildman–Crippen LogP) is 4.52. The van der Waals surface area contributed by atoms with Crippen LogP contribution in [0.25, 0.3) is 0 Å². The Morgan fingerprint density at radius 2 is 1.76 bits per heavy atom. The molecule has 1 aliphatic rings. The number of anilines is 3. The Labute approximate surface area is 195 Å². The lowest BCUT2D eigenvalue weighted by atomic mass is 10.1. The number of halogens is 2. The second-order valence-corrected chi connectivity index (χ2v) is 7.99. The van der Waals surface area contributed by atoms with Crippen molar-refractivity contribution in [1.29, 1.82) is 0 Å². The van der Waals surface area contributed by atoms with Gasteiger partial charge in [-0.1, -0.05) is 17.7 Å². The maximum Gasteiger partial charge on any atom is 0.257 e. The molecule has 0 aliphatic carbocycles. The van der Waals surface area contributed by atoms with E-state index in [0.717, 1.165) is 5.56 Å². The van der Waals surface area contributed by atoms with Crippen LogP contribution in [0.2, 0.25) is 5.15 Å². The topological polar surface area (TPSA) is 83.6 Å². The van der Waals surface area contributed by atoms with Crippen molar-refractivity contribution in [2.75, 3.05) is 41.8 Å². The van der Waals surface area contributed by atoms with Crippen molar-refractivity contribution in [2.45, 2.75) is 6.92 Å². The average molecular weight is 469 g/mol. The van der Waals surface area contributed by atoms with Crippen LogP contribution in [0.5, 0.6) is 0 Å². The molecule has 170 valence electrons. The lowest BCUT2D eigenvalue weighted by Crippen LogP contribution is -2.36. The third-order valence-electron chi connectivity index (χ3n) is 5.25. The fraction of sp³-hybridized carbons (Fsp3) is 0.208. The van der Waals surface area contributed by atoms with Crippen molar-refractivity contribution in [3.05, 3.63) is 82.4 Å². The summed E-state index contributed by atoms with van der Waals surface area (Å²) >= 11 is 5.77. The van der Waals surface area contributed by atoms with E-state index >= 15 is 0 Å². The highest BCUT2D eigenvalue weighted by Gasteiger charge is 2.16. The number of aromatic nitrogens is 1. The molecule has 1 aliphatic heterocycles. The monoisotopic (exact) mass is 468 g/mol. The second-order valence-electron chi connectivity index (χ2n) is 7.61. The van der Waals surface area contributed by atoms with Gasteiger partial charge >= 0.3 is 0 Å². The van der Waals surface area contributed by atoms with Crippen molar-refractivity contribution >= 4 is 40.5 Å². The molecule has 0 spiro atoms. The van der Waals surface area contributed by atoms with Gasteiger partial charge in [-0.15, -0.1) is 0 Å². The van der Waals surface area contributed by atoms with Crippen LogP contribution in [0.3, 0.4) is 0 Å². The third kappa shape index (κ3) is 5.66. The second kappa shape index (κ2) is 9.97. The van der Waals surface area contributed by atoms with Gasteiger partial charge in [-0.2, -0.15) is 0 Å². The zero-order chi connectivity index (χ0) is 23.4. The number of aryl methyl sites for hydroxylation is 1. The first kappa shape index (κ1) is 22.7. The first-order valence-corrected chi connectivity index (χ1v) is 10.7. The molecule has 3 aromatic rings. The van der Waals surface area contributed by atoms with Crippen LogP contribution in [0, 0.1) is 12.7 Å². The molecule has 0 saturated carbocycles. The van der Waals surface area contributed by atoms with Gasteiger partial charge in [0, 0.05) is 41.9 Å². The van der Waals surface area contributed by atoms with Crippen LogP contribution < -0.4 is 15.5 Å². The van der Waals surface area contributed by atoms with Gasteiger partial charge < -0.3 is 20.3 Å². The molecule has 2 amide bonds. The Morgan fingerprint density at radius 3 is 2.48 bits per heavy atom. The number of nitrogens with one attached hydrogen (secondary N) is 2. The Kier molecular flexibility index (Phi) is 6.86. The van der Waals surface area contributed by atoms with Crippen LogP contribution in [-0.4, -0.2) is 43.1 Å². The van der Waals surface area contributed by atoms with Crippen LogP contribution in [-0.2, 0) is 4.74 Å². The van der Waals surface area contributed by atoms with Gasteiger partial charge in [0.15, 0.2) is 0 Å². The third-order valence-corrected chi connectivity index (χ3v) is 5.48. The lowest BCUT2D eigenvalue weighted by molar-refractivity contribution is 0.101. The van der Waals surface area contributed by atoms with Crippen molar-refractivity contribution in [2.24, 2.45) is 0 Å². The number of morpholine rings is 1. The van der Waals surface area contributed by atoms with Gasteiger partial charge in [-0.25, -0.2) is 9.37 Å². The number of ether oxygens (including phenoxy) is 1. The van der Waals surface area contributed by atoms with Gasteiger partial charge in [0.25, 0.3) is 11.8 Å². The van der Waals surface area contributed by atoms with Crippen molar-refractivity contribution < 1.29 is 18.7 Å². The maximum atomic E-state index is 14.2. The summed E-state index contributed by atoms with van der Waals surface area (Å²) in [4.78, 5) is 31.3. The molecule has 2 N–H and O–H groups in total. The Balaban J connectivity index is 1.50. The van der Waals surface area contributed by atoms with Gasteiger partial charge in [0.1, 0.15) is 11.0 Å². The van der Waals surface area contributed by atoms with E-state index in [1.54, 1.807) is 30.3 Å². The minimum absolute atomic E-state index is 0.204. The van der Waals surface area contributed by atoms with E-state index in [-0.39, 0.29) is 11.5 Å². The maximum absolute atomic E-state index is 14.2. The lowest BCUT2D eigenvalue weighted by Gasteiger charge is -2.29. The molecule has 0 atom stereocenters. The number of carbonyl (C=O) groups excluding carboxylic acids is 2. The summed E-state index contributed by atoms with van der Waals surface area (Å²) in [7, 11) is 0. The molecule has 1 saturated heterocycles. The number of benzene rings is 2. The minimum atomic E-state index is -0.488. The molecule has 0 bridgehead atoms. The SMILES string of the molecule is Cc1ccc(NC(=O)c2cc(F)cc(N3CCOCC3)c2)cc1NC(=O)c1ccc(Cl)nc1. The highest BCUT2D eigenvalue weighted by atomic mass is 35.5. The summed E-state index contributed by atoms with van der Waals surface area (Å²) < 4.78 is 19.6. The molecule has 2 aromatic carbocycles. The summed E-state index contributed by atoms with van der Waals surface area (Å²) in [6.45, 7) is 4.22. The van der Waals surface area contributed by atoms with Crippen LogP contribution >= 0.6 is 11.6 Å². The number of hydrogen-bond donors (Lipinski definition) is 2.